The maximum atomic E-state index is 12.4. The van der Waals surface area contributed by atoms with Crippen LogP contribution in [0.5, 0.6) is 34.5 Å². The van der Waals surface area contributed by atoms with Crippen LogP contribution in [0.4, 0.5) is 11.4 Å². The number of fused-ring (bicyclic) bond motifs is 2. The molecule has 0 heterocycles. The molecule has 6 N–H and O–H groups in total. The van der Waals surface area contributed by atoms with Crippen LogP contribution >= 0.6 is 0 Å². The maximum absolute atomic E-state index is 12.4. The molecule has 0 aliphatic carbocycles. The van der Waals surface area contributed by atoms with E-state index in [2.05, 4.69) is 0 Å². The van der Waals surface area contributed by atoms with Crippen molar-refractivity contribution in [3.8, 4) is 45.6 Å². The third-order valence-corrected chi connectivity index (χ3v) is 10.8. The second-order valence-corrected chi connectivity index (χ2v) is 15.0. The minimum absolute atomic E-state index is 0.121. The summed E-state index contributed by atoms with van der Waals surface area (Å²) >= 11 is 0. The summed E-state index contributed by atoms with van der Waals surface area (Å²) in [7, 11) is 0. The van der Waals surface area contributed by atoms with E-state index in [0.717, 1.165) is 22.3 Å². The first-order valence-electron chi connectivity index (χ1n) is 18.2. The van der Waals surface area contributed by atoms with Gasteiger partial charge in [-0.05, 0) is 110 Å². The highest BCUT2D eigenvalue weighted by molar-refractivity contribution is 6.15. The van der Waals surface area contributed by atoms with Gasteiger partial charge in [0.2, 0.25) is 0 Å². The highest BCUT2D eigenvalue weighted by Gasteiger charge is 2.29. The average molecular weight is 725 g/mol. The Balaban J connectivity index is 1.73. The predicted molar refractivity (Wildman–Crippen MR) is 221 cm³/mol. The van der Waals surface area contributed by atoms with Crippen LogP contribution in [0.25, 0.3) is 32.7 Å². The van der Waals surface area contributed by atoms with E-state index < -0.39 is 11.5 Å². The van der Waals surface area contributed by atoms with Gasteiger partial charge in [0.25, 0.3) is 0 Å². The fourth-order valence-corrected chi connectivity index (χ4v) is 7.64. The van der Waals surface area contributed by atoms with Crippen molar-refractivity contribution < 1.29 is 30.6 Å². The number of aromatic hydroxyl groups is 6. The molecule has 8 heteroatoms. The standard InChI is InChI=1S/C46H48N2O6/c1-21(2)35-29-17-25(7)37(43(51)39(29)31(41(49)45(35)53)19-47-33-15-11-13-23(5)27(33)9)38-26(8)18-30-36(22(3)4)46(54)42(50)32(40(30)44(38)52)20-48-34-16-12-14-24(6)28(34)10/h11-22,49-54H,1-10H3. The Kier molecular flexibility index (Phi) is 9.84. The van der Waals surface area contributed by atoms with E-state index in [0.29, 0.717) is 55.5 Å². The highest BCUT2D eigenvalue weighted by atomic mass is 16.3. The van der Waals surface area contributed by atoms with E-state index >= 15 is 0 Å². The Morgan fingerprint density at radius 1 is 0.463 bits per heavy atom. The zero-order chi connectivity index (χ0) is 39.5. The highest BCUT2D eigenvalue weighted by Crippen LogP contribution is 2.54. The van der Waals surface area contributed by atoms with Gasteiger partial charge in [0.05, 0.1) is 22.5 Å². The lowest BCUT2D eigenvalue weighted by molar-refractivity contribution is 0.398. The number of benzene rings is 6. The molecule has 0 radical (unpaired) electrons. The first-order valence-corrected chi connectivity index (χ1v) is 18.2. The maximum Gasteiger partial charge on any atom is 0.167 e. The SMILES string of the molecule is Cc1cccc(N=Cc2c(O)c(O)c(C(C)C)c3cc(C)c(-c4c(C)cc5c(C(C)C)c(O)c(O)c(C=Nc6cccc(C)c6C)c5c4O)c(O)c23)c1C. The van der Waals surface area contributed by atoms with Gasteiger partial charge in [0, 0.05) is 45.5 Å². The minimum atomic E-state index is -0.420. The van der Waals surface area contributed by atoms with Crippen molar-refractivity contribution >= 4 is 45.3 Å². The second kappa shape index (κ2) is 14.1. The van der Waals surface area contributed by atoms with Gasteiger partial charge >= 0.3 is 0 Å². The number of phenols is 6. The molecule has 6 rings (SSSR count). The molecular weight excluding hydrogens is 677 g/mol. The van der Waals surface area contributed by atoms with E-state index in [-0.39, 0.29) is 56.7 Å². The smallest absolute Gasteiger partial charge is 0.167 e. The first-order chi connectivity index (χ1) is 25.5. The van der Waals surface area contributed by atoms with Gasteiger partial charge in [-0.3, -0.25) is 9.98 Å². The van der Waals surface area contributed by atoms with Crippen molar-refractivity contribution in [2.24, 2.45) is 9.98 Å². The molecule has 0 aromatic heterocycles. The number of hydrogen-bond acceptors (Lipinski definition) is 8. The minimum Gasteiger partial charge on any atom is -0.507 e. The van der Waals surface area contributed by atoms with Crippen LogP contribution in [0, 0.1) is 41.5 Å². The molecule has 0 aliphatic heterocycles. The molecule has 0 spiro atoms. The summed E-state index contributed by atoms with van der Waals surface area (Å²) in [6.07, 6.45) is 2.90. The molecule has 6 aromatic carbocycles. The number of aliphatic imine (C=N–C) groups is 2. The molecule has 6 aromatic rings. The number of phenolic OH excluding ortho intramolecular Hbond substituents is 6. The van der Waals surface area contributed by atoms with Gasteiger partial charge in [-0.25, -0.2) is 0 Å². The molecule has 0 amide bonds. The van der Waals surface area contributed by atoms with Gasteiger partial charge < -0.3 is 30.6 Å². The quantitative estimate of drug-likeness (QED) is 0.0713. The Morgan fingerprint density at radius 2 is 0.815 bits per heavy atom. The number of nitrogens with zero attached hydrogens (tertiary/aromatic N) is 2. The van der Waals surface area contributed by atoms with Crippen LogP contribution in [0.1, 0.15) is 95.2 Å². The zero-order valence-electron chi connectivity index (χ0n) is 32.5. The first kappa shape index (κ1) is 37.7. The normalized spacial score (nSPS) is 12.1. The van der Waals surface area contributed by atoms with E-state index in [9.17, 15) is 30.6 Å². The van der Waals surface area contributed by atoms with Gasteiger partial charge in [0.15, 0.2) is 23.0 Å². The molecule has 0 atom stereocenters. The molecule has 0 saturated heterocycles. The monoisotopic (exact) mass is 724 g/mol. The number of hydrogen-bond donors (Lipinski definition) is 6. The fraction of sp³-hybridized carbons (Fsp3) is 0.261. The summed E-state index contributed by atoms with van der Waals surface area (Å²) < 4.78 is 0. The Hall–Kier alpha value is -6.02. The predicted octanol–water partition coefficient (Wildman–Crippen LogP) is 11.5. The Morgan fingerprint density at radius 3 is 1.15 bits per heavy atom. The van der Waals surface area contributed by atoms with Crippen molar-refractivity contribution in [1.29, 1.82) is 0 Å². The van der Waals surface area contributed by atoms with Crippen LogP contribution in [0.2, 0.25) is 0 Å². The van der Waals surface area contributed by atoms with Gasteiger partial charge in [0.1, 0.15) is 11.5 Å². The van der Waals surface area contributed by atoms with Crippen LogP contribution in [-0.2, 0) is 0 Å². The average Bonchev–Trinajstić information content (AvgIpc) is 3.10. The van der Waals surface area contributed by atoms with Crippen molar-refractivity contribution in [3.63, 3.8) is 0 Å². The summed E-state index contributed by atoms with van der Waals surface area (Å²) in [5, 5.41) is 72.2. The zero-order valence-corrected chi connectivity index (χ0v) is 32.5. The molecular formula is C46H48N2O6. The fourth-order valence-electron chi connectivity index (χ4n) is 7.64. The van der Waals surface area contributed by atoms with Gasteiger partial charge in [-0.1, -0.05) is 64.1 Å². The lowest BCUT2D eigenvalue weighted by atomic mass is 9.83. The number of rotatable bonds is 7. The summed E-state index contributed by atoms with van der Waals surface area (Å²) in [5.74, 6) is -2.32. The largest absolute Gasteiger partial charge is 0.507 e. The van der Waals surface area contributed by atoms with Crippen molar-refractivity contribution in [2.75, 3.05) is 0 Å². The van der Waals surface area contributed by atoms with Crippen LogP contribution in [0.3, 0.4) is 0 Å². The van der Waals surface area contributed by atoms with Crippen molar-refractivity contribution in [2.45, 2.75) is 81.1 Å². The molecule has 0 fully saturated rings. The summed E-state index contributed by atoms with van der Waals surface area (Å²) in [6, 6.07) is 15.1. The van der Waals surface area contributed by atoms with E-state index in [1.54, 1.807) is 0 Å². The molecule has 278 valence electrons. The lowest BCUT2D eigenvalue weighted by Crippen LogP contribution is -2.01. The lowest BCUT2D eigenvalue weighted by Gasteiger charge is -2.23. The topological polar surface area (TPSA) is 146 Å². The van der Waals surface area contributed by atoms with Crippen LogP contribution < -0.4 is 0 Å². The Bertz CT molecular complexity index is 2400. The molecule has 8 nitrogen and oxygen atoms in total. The summed E-state index contributed by atoms with van der Waals surface area (Å²) in [6.45, 7) is 19.1. The van der Waals surface area contributed by atoms with Gasteiger partial charge in [-0.2, -0.15) is 0 Å². The van der Waals surface area contributed by atoms with Crippen LogP contribution in [-0.4, -0.2) is 43.1 Å². The number of aryl methyl sites for hydroxylation is 4. The molecule has 54 heavy (non-hydrogen) atoms. The summed E-state index contributed by atoms with van der Waals surface area (Å²) in [5.41, 5.74) is 8.28. The van der Waals surface area contributed by atoms with Crippen molar-refractivity contribution in [3.05, 3.63) is 104 Å². The Labute approximate surface area is 316 Å². The van der Waals surface area contributed by atoms with Crippen molar-refractivity contribution in [1.82, 2.24) is 0 Å². The van der Waals surface area contributed by atoms with Crippen LogP contribution in [0.15, 0.2) is 58.5 Å². The van der Waals surface area contributed by atoms with E-state index in [4.69, 9.17) is 9.98 Å². The molecule has 0 bridgehead atoms. The molecule has 0 aliphatic rings. The van der Waals surface area contributed by atoms with E-state index in [1.165, 1.54) is 12.4 Å². The molecule has 0 unspecified atom stereocenters. The summed E-state index contributed by atoms with van der Waals surface area (Å²) in [4.78, 5) is 9.39. The van der Waals surface area contributed by atoms with Gasteiger partial charge in [-0.15, -0.1) is 0 Å². The molecule has 0 saturated carbocycles. The second-order valence-electron chi connectivity index (χ2n) is 15.0. The van der Waals surface area contributed by atoms with E-state index in [1.807, 2.05) is 118 Å². The third kappa shape index (κ3) is 6.05. The third-order valence-electron chi connectivity index (χ3n) is 10.8.